The average Bonchev–Trinajstić information content (AvgIpc) is 2.19. The highest BCUT2D eigenvalue weighted by Crippen LogP contribution is 2.09. The van der Waals surface area contributed by atoms with Gasteiger partial charge in [-0.3, -0.25) is 10.3 Å². The molecule has 1 aromatic heterocycles. The molecule has 0 saturated heterocycles. The third kappa shape index (κ3) is 2.48. The van der Waals surface area contributed by atoms with Crippen molar-refractivity contribution in [2.75, 3.05) is 12.1 Å². The van der Waals surface area contributed by atoms with Gasteiger partial charge in [0.2, 0.25) is 0 Å². The number of anilines is 1. The minimum absolute atomic E-state index is 0.139. The Morgan fingerprint density at radius 1 is 1.69 bits per heavy atom. The Morgan fingerprint density at radius 2 is 2.54 bits per heavy atom. The first-order valence-corrected chi connectivity index (χ1v) is 3.55. The number of nitriles is 1. The molecule has 0 spiro atoms. The van der Waals surface area contributed by atoms with Crippen molar-refractivity contribution >= 4 is 5.69 Å². The summed E-state index contributed by atoms with van der Waals surface area (Å²) in [6.45, 7) is 0.139. The van der Waals surface area contributed by atoms with Gasteiger partial charge in [0, 0.05) is 6.20 Å². The highest BCUT2D eigenvalue weighted by atomic mass is 16.6. The Labute approximate surface area is 76.1 Å². The van der Waals surface area contributed by atoms with Crippen LogP contribution in [0.1, 0.15) is 5.69 Å². The van der Waals surface area contributed by atoms with Crippen molar-refractivity contribution in [3.63, 3.8) is 0 Å². The SMILES string of the molecule is C#CCONc1cccnc1C#N. The fourth-order valence-corrected chi connectivity index (χ4v) is 0.732. The molecule has 1 heterocycles. The second kappa shape index (κ2) is 4.76. The number of terminal acetylenes is 1. The molecule has 0 atom stereocenters. The van der Waals surface area contributed by atoms with Gasteiger partial charge in [0.05, 0.1) is 5.69 Å². The van der Waals surface area contributed by atoms with E-state index in [9.17, 15) is 0 Å². The van der Waals surface area contributed by atoms with Crippen LogP contribution in [-0.2, 0) is 4.84 Å². The van der Waals surface area contributed by atoms with Crippen molar-refractivity contribution in [2.45, 2.75) is 0 Å². The van der Waals surface area contributed by atoms with Crippen LogP contribution in [0.5, 0.6) is 0 Å². The monoisotopic (exact) mass is 173 g/mol. The second-order valence-electron chi connectivity index (χ2n) is 2.11. The van der Waals surface area contributed by atoms with E-state index in [1.54, 1.807) is 12.1 Å². The zero-order valence-corrected chi connectivity index (χ0v) is 6.82. The smallest absolute Gasteiger partial charge is 0.165 e. The highest BCUT2D eigenvalue weighted by molar-refractivity contribution is 5.51. The van der Waals surface area contributed by atoms with Gasteiger partial charge < -0.3 is 0 Å². The molecule has 0 amide bonds. The van der Waals surface area contributed by atoms with Crippen LogP contribution in [0.15, 0.2) is 18.3 Å². The van der Waals surface area contributed by atoms with Gasteiger partial charge in [0.15, 0.2) is 5.69 Å². The first-order chi connectivity index (χ1) is 6.38. The Morgan fingerprint density at radius 3 is 3.23 bits per heavy atom. The predicted octanol–water partition coefficient (Wildman–Crippen LogP) is 0.930. The molecule has 4 nitrogen and oxygen atoms in total. The Kier molecular flexibility index (Phi) is 3.31. The molecule has 0 saturated carbocycles. The molecule has 1 N–H and O–H groups in total. The van der Waals surface area contributed by atoms with Gasteiger partial charge in [0.25, 0.3) is 0 Å². The summed E-state index contributed by atoms with van der Waals surface area (Å²) in [5.74, 6) is 2.29. The number of nitrogens with zero attached hydrogens (tertiary/aromatic N) is 2. The van der Waals surface area contributed by atoms with Gasteiger partial charge in [0.1, 0.15) is 12.7 Å². The molecule has 1 aromatic rings. The van der Waals surface area contributed by atoms with Crippen LogP contribution in [0.2, 0.25) is 0 Å². The molecule has 0 fully saturated rings. The summed E-state index contributed by atoms with van der Waals surface area (Å²) in [6, 6.07) is 5.30. The van der Waals surface area contributed by atoms with Crippen molar-refractivity contribution in [2.24, 2.45) is 0 Å². The van der Waals surface area contributed by atoms with Crippen molar-refractivity contribution in [3.05, 3.63) is 24.0 Å². The second-order valence-corrected chi connectivity index (χ2v) is 2.11. The van der Waals surface area contributed by atoms with E-state index in [4.69, 9.17) is 16.5 Å². The molecule has 0 unspecified atom stereocenters. The third-order valence-corrected chi connectivity index (χ3v) is 1.25. The molecule has 1 rings (SSSR count). The van der Waals surface area contributed by atoms with Crippen LogP contribution < -0.4 is 5.48 Å². The summed E-state index contributed by atoms with van der Waals surface area (Å²) in [5.41, 5.74) is 3.33. The lowest BCUT2D eigenvalue weighted by atomic mass is 10.3. The molecule has 0 radical (unpaired) electrons. The Bertz CT molecular complexity index is 362. The highest BCUT2D eigenvalue weighted by Gasteiger charge is 1.99. The minimum atomic E-state index is 0.139. The molecule has 0 aliphatic rings. The number of rotatable bonds is 3. The average molecular weight is 173 g/mol. The fourth-order valence-electron chi connectivity index (χ4n) is 0.732. The van der Waals surface area contributed by atoms with Gasteiger partial charge in [-0.15, -0.1) is 6.42 Å². The summed E-state index contributed by atoms with van der Waals surface area (Å²) in [7, 11) is 0. The van der Waals surface area contributed by atoms with Crippen LogP contribution in [0.3, 0.4) is 0 Å². The molecule has 0 aromatic carbocycles. The third-order valence-electron chi connectivity index (χ3n) is 1.25. The molecule has 0 aliphatic carbocycles. The molecule has 64 valence electrons. The lowest BCUT2D eigenvalue weighted by Gasteiger charge is -2.04. The van der Waals surface area contributed by atoms with E-state index >= 15 is 0 Å². The number of hydrogen-bond donors (Lipinski definition) is 1. The van der Waals surface area contributed by atoms with Gasteiger partial charge in [-0.1, -0.05) is 5.92 Å². The molecule has 0 bridgehead atoms. The van der Waals surface area contributed by atoms with E-state index in [0.717, 1.165) is 0 Å². The summed E-state index contributed by atoms with van der Waals surface area (Å²) in [5, 5.41) is 8.63. The molecular weight excluding hydrogens is 166 g/mol. The lowest BCUT2D eigenvalue weighted by molar-refractivity contribution is 0.234. The quantitative estimate of drug-likeness (QED) is 0.419. The van der Waals surface area contributed by atoms with Crippen molar-refractivity contribution < 1.29 is 4.84 Å². The van der Waals surface area contributed by atoms with Gasteiger partial charge in [-0.25, -0.2) is 4.98 Å². The first-order valence-electron chi connectivity index (χ1n) is 3.55. The molecule has 4 heteroatoms. The van der Waals surface area contributed by atoms with Crippen molar-refractivity contribution in [1.82, 2.24) is 4.98 Å². The van der Waals surface area contributed by atoms with Crippen molar-refractivity contribution in [1.29, 1.82) is 5.26 Å². The maximum atomic E-state index is 8.63. The van der Waals surface area contributed by atoms with E-state index in [1.807, 2.05) is 6.07 Å². The maximum Gasteiger partial charge on any atom is 0.165 e. The van der Waals surface area contributed by atoms with Gasteiger partial charge >= 0.3 is 0 Å². The topological polar surface area (TPSA) is 57.9 Å². The van der Waals surface area contributed by atoms with Crippen LogP contribution in [0, 0.1) is 23.7 Å². The minimum Gasteiger partial charge on any atom is -0.263 e. The number of pyridine rings is 1. The normalized spacial score (nSPS) is 8.46. The lowest BCUT2D eigenvalue weighted by Crippen LogP contribution is -2.03. The zero-order chi connectivity index (χ0) is 9.52. The Hall–Kier alpha value is -2.04. The molecule has 13 heavy (non-hydrogen) atoms. The fraction of sp³-hybridized carbons (Fsp3) is 0.111. The van der Waals surface area contributed by atoms with Gasteiger partial charge in [-0.2, -0.15) is 5.26 Å². The molecule has 0 aliphatic heterocycles. The number of hydrogen-bond acceptors (Lipinski definition) is 4. The van der Waals surface area contributed by atoms with Gasteiger partial charge in [-0.05, 0) is 12.1 Å². The number of aromatic nitrogens is 1. The maximum absolute atomic E-state index is 8.63. The van der Waals surface area contributed by atoms with E-state index in [2.05, 4.69) is 16.4 Å². The van der Waals surface area contributed by atoms with Crippen LogP contribution in [0.25, 0.3) is 0 Å². The van der Waals surface area contributed by atoms with Crippen molar-refractivity contribution in [3.8, 4) is 18.4 Å². The van der Waals surface area contributed by atoms with Crippen LogP contribution in [0.4, 0.5) is 5.69 Å². The summed E-state index contributed by atoms with van der Waals surface area (Å²) in [6.07, 6.45) is 6.50. The molecular formula is C9H7N3O. The van der Waals surface area contributed by atoms with Crippen LogP contribution >= 0.6 is 0 Å². The standard InChI is InChI=1S/C9H7N3O/c1-2-6-13-12-8-4-3-5-11-9(8)7-10/h1,3-5,12H,6H2. The summed E-state index contributed by atoms with van der Waals surface area (Å²) in [4.78, 5) is 8.65. The van der Waals surface area contributed by atoms with E-state index < -0.39 is 0 Å². The van der Waals surface area contributed by atoms with E-state index in [1.165, 1.54) is 6.20 Å². The van der Waals surface area contributed by atoms with E-state index in [-0.39, 0.29) is 12.3 Å². The summed E-state index contributed by atoms with van der Waals surface area (Å²) < 4.78 is 0. The largest absolute Gasteiger partial charge is 0.263 e. The summed E-state index contributed by atoms with van der Waals surface area (Å²) >= 11 is 0. The predicted molar refractivity (Wildman–Crippen MR) is 47.4 cm³/mol. The zero-order valence-electron chi connectivity index (χ0n) is 6.82. The Balaban J connectivity index is 2.67. The van der Waals surface area contributed by atoms with Crippen LogP contribution in [-0.4, -0.2) is 11.6 Å². The first kappa shape index (κ1) is 9.05. The van der Waals surface area contributed by atoms with E-state index in [0.29, 0.717) is 5.69 Å². The number of nitrogens with one attached hydrogen (secondary N) is 1.